The number of hydrogen-bond acceptors (Lipinski definition) is 6. The molecular formula is C19H18ClN6O2S+. The average molecular weight is 430 g/mol. The molecule has 3 aromatic rings. The van der Waals surface area contributed by atoms with Crippen LogP contribution in [0, 0.1) is 0 Å². The minimum absolute atomic E-state index is 0.0355. The Morgan fingerprint density at radius 1 is 1.17 bits per heavy atom. The molecule has 0 saturated heterocycles. The summed E-state index contributed by atoms with van der Waals surface area (Å²) >= 11 is 6.03. The summed E-state index contributed by atoms with van der Waals surface area (Å²) in [7, 11) is -3.77. The van der Waals surface area contributed by atoms with E-state index in [0.29, 0.717) is 23.7 Å². The Bertz CT molecular complexity index is 1240. The number of halogens is 1. The van der Waals surface area contributed by atoms with Crippen molar-refractivity contribution in [1.82, 2.24) is 4.98 Å². The minimum atomic E-state index is -3.77. The van der Waals surface area contributed by atoms with Crippen LogP contribution in [-0.4, -0.2) is 36.9 Å². The lowest BCUT2D eigenvalue weighted by Gasteiger charge is -2.09. The van der Waals surface area contributed by atoms with Crippen LogP contribution in [0.2, 0.25) is 5.02 Å². The zero-order valence-electron chi connectivity index (χ0n) is 15.2. The quantitative estimate of drug-likeness (QED) is 0.583. The maximum atomic E-state index is 11.5. The number of anilines is 1. The topological polar surface area (TPSA) is 113 Å². The van der Waals surface area contributed by atoms with E-state index in [9.17, 15) is 8.42 Å². The zero-order valence-corrected chi connectivity index (χ0v) is 16.8. The number of nitrogens with one attached hydrogen (secondary N) is 1. The van der Waals surface area contributed by atoms with E-state index in [4.69, 9.17) is 16.7 Å². The van der Waals surface area contributed by atoms with E-state index in [1.165, 1.54) is 12.1 Å². The summed E-state index contributed by atoms with van der Waals surface area (Å²) in [6.45, 7) is 0.674. The number of nitrogens with two attached hydrogens (primary N) is 1. The minimum Gasteiger partial charge on any atom is -0.384 e. The van der Waals surface area contributed by atoms with Gasteiger partial charge in [0.1, 0.15) is 11.4 Å². The number of hydrogen-bond donors (Lipinski definition) is 2. The van der Waals surface area contributed by atoms with Crippen molar-refractivity contribution >= 4 is 50.1 Å². The summed E-state index contributed by atoms with van der Waals surface area (Å²) in [4.78, 5) is 4.37. The van der Waals surface area contributed by atoms with E-state index in [1.54, 1.807) is 23.0 Å². The highest BCUT2D eigenvalue weighted by atomic mass is 35.5. The van der Waals surface area contributed by atoms with Crippen LogP contribution in [0.25, 0.3) is 10.9 Å². The molecule has 1 aliphatic heterocycles. The van der Waals surface area contributed by atoms with Crippen molar-refractivity contribution in [1.29, 1.82) is 0 Å². The van der Waals surface area contributed by atoms with Gasteiger partial charge in [0.2, 0.25) is 16.1 Å². The van der Waals surface area contributed by atoms with Crippen molar-refractivity contribution in [3.63, 3.8) is 0 Å². The average Bonchev–Trinajstić information content (AvgIpc) is 3.16. The molecule has 8 nitrogen and oxygen atoms in total. The molecule has 29 heavy (non-hydrogen) atoms. The molecule has 1 aromatic heterocycles. The molecule has 0 spiro atoms. The van der Waals surface area contributed by atoms with Gasteiger partial charge in [-0.25, -0.2) is 13.6 Å². The number of sulfonamides is 1. The third kappa shape index (κ3) is 4.42. The number of aromatic nitrogens is 1. The number of primary sulfonamides is 1. The van der Waals surface area contributed by atoms with E-state index < -0.39 is 10.0 Å². The monoisotopic (exact) mass is 429 g/mol. The van der Waals surface area contributed by atoms with E-state index in [2.05, 4.69) is 20.6 Å². The first-order valence-electron chi connectivity index (χ1n) is 8.86. The Morgan fingerprint density at radius 2 is 2.03 bits per heavy atom. The highest BCUT2D eigenvalue weighted by Gasteiger charge is 2.23. The Hall–Kier alpha value is -2.88. The smallest absolute Gasteiger partial charge is 0.238 e. The van der Waals surface area contributed by atoms with Crippen LogP contribution >= 0.6 is 11.6 Å². The molecule has 3 N–H and O–H groups in total. The van der Waals surface area contributed by atoms with Crippen molar-refractivity contribution in [3.8, 4) is 0 Å². The molecule has 2 aromatic carbocycles. The Morgan fingerprint density at radius 3 is 2.86 bits per heavy atom. The molecular weight excluding hydrogens is 412 g/mol. The largest absolute Gasteiger partial charge is 0.384 e. The van der Waals surface area contributed by atoms with Crippen LogP contribution in [0.1, 0.15) is 6.42 Å². The summed E-state index contributed by atoms with van der Waals surface area (Å²) in [6.07, 6.45) is 4.29. The maximum Gasteiger partial charge on any atom is 0.238 e. The number of nitrogens with zero attached hydrogens (tertiary/aromatic N) is 4. The van der Waals surface area contributed by atoms with Crippen LogP contribution in [0.3, 0.4) is 0 Å². The Labute approximate surface area is 172 Å². The maximum absolute atomic E-state index is 11.5. The summed E-state index contributed by atoms with van der Waals surface area (Å²) in [5.41, 5.74) is 2.39. The lowest BCUT2D eigenvalue weighted by Crippen LogP contribution is -2.14. The fourth-order valence-electron chi connectivity index (χ4n) is 3.05. The van der Waals surface area contributed by atoms with E-state index in [-0.39, 0.29) is 10.9 Å². The van der Waals surface area contributed by atoms with E-state index in [1.807, 2.05) is 30.5 Å². The van der Waals surface area contributed by atoms with Gasteiger partial charge in [-0.2, -0.15) is 0 Å². The van der Waals surface area contributed by atoms with Gasteiger partial charge in [-0.15, -0.1) is 4.68 Å². The van der Waals surface area contributed by atoms with Crippen molar-refractivity contribution < 1.29 is 13.1 Å². The fraction of sp³-hybridized carbons (Fsp3) is 0.158. The van der Waals surface area contributed by atoms with Crippen molar-refractivity contribution in [2.75, 3.05) is 11.9 Å². The normalized spacial score (nSPS) is 16.2. The van der Waals surface area contributed by atoms with Crippen molar-refractivity contribution in [2.45, 2.75) is 17.4 Å². The third-order valence-corrected chi connectivity index (χ3v) is 5.63. The molecule has 148 valence electrons. The lowest BCUT2D eigenvalue weighted by molar-refractivity contribution is -0.444. The third-order valence-electron chi connectivity index (χ3n) is 4.48. The first-order valence-corrected chi connectivity index (χ1v) is 10.8. The van der Waals surface area contributed by atoms with Gasteiger partial charge in [-0.05, 0) is 36.4 Å². The van der Waals surface area contributed by atoms with Crippen LogP contribution < -0.4 is 10.5 Å². The second-order valence-corrected chi connectivity index (χ2v) is 8.54. The Balaban J connectivity index is 1.43. The molecule has 4 rings (SSSR count). The molecule has 1 aliphatic rings. The predicted molar refractivity (Wildman–Crippen MR) is 112 cm³/mol. The molecule has 0 saturated carbocycles. The standard InChI is InChI=1S/C19H18ClN6O2S/c20-13-4-5-17-18(7-9-23-19(17)10-13)22-8-6-14-12-26(25-24-14)15-2-1-3-16(11-15)29(21,27)28/h1-5,7,9-12,14H,6,8H2,(H,22,23)(H2,21,27,28)/q+1. The molecule has 2 heterocycles. The van der Waals surface area contributed by atoms with Crippen LogP contribution in [0.5, 0.6) is 0 Å². The summed E-state index contributed by atoms with van der Waals surface area (Å²) < 4.78 is 24.6. The van der Waals surface area contributed by atoms with Gasteiger partial charge in [-0.1, -0.05) is 17.7 Å². The molecule has 0 aliphatic carbocycles. The summed E-state index contributed by atoms with van der Waals surface area (Å²) in [5.74, 6) is 0. The van der Waals surface area contributed by atoms with Crippen molar-refractivity contribution in [2.24, 2.45) is 15.5 Å². The van der Waals surface area contributed by atoms with Crippen LogP contribution in [0.15, 0.2) is 70.0 Å². The van der Waals surface area contributed by atoms with E-state index in [0.717, 1.165) is 16.6 Å². The summed E-state index contributed by atoms with van der Waals surface area (Å²) in [6, 6.07) is 13.7. The second kappa shape index (κ2) is 7.86. The van der Waals surface area contributed by atoms with Gasteiger partial charge in [0.25, 0.3) is 0 Å². The number of fused-ring (bicyclic) bond motifs is 1. The number of benzene rings is 2. The molecule has 0 amide bonds. The Kier molecular flexibility index (Phi) is 5.27. The second-order valence-electron chi connectivity index (χ2n) is 6.54. The lowest BCUT2D eigenvalue weighted by atomic mass is 10.1. The van der Waals surface area contributed by atoms with Gasteiger partial charge < -0.3 is 5.32 Å². The van der Waals surface area contributed by atoms with Gasteiger partial charge >= 0.3 is 0 Å². The van der Waals surface area contributed by atoms with Gasteiger partial charge in [0.15, 0.2) is 5.69 Å². The van der Waals surface area contributed by atoms with Crippen LogP contribution in [0.4, 0.5) is 11.4 Å². The molecule has 1 atom stereocenters. The molecule has 0 fully saturated rings. The first kappa shape index (κ1) is 19.4. The molecule has 0 bridgehead atoms. The highest BCUT2D eigenvalue weighted by molar-refractivity contribution is 7.89. The van der Waals surface area contributed by atoms with Crippen molar-refractivity contribution in [3.05, 3.63) is 59.8 Å². The predicted octanol–water partition coefficient (Wildman–Crippen LogP) is 3.50. The zero-order chi connectivity index (χ0) is 20.4. The number of rotatable bonds is 6. The SMILES string of the molecule is NS(=O)(=O)c1cccc([N+]2=CC(CCNc3ccnc4cc(Cl)ccc34)N=N2)c1. The molecule has 1 unspecified atom stereocenters. The van der Waals surface area contributed by atoms with Crippen LogP contribution in [-0.2, 0) is 10.0 Å². The summed E-state index contributed by atoms with van der Waals surface area (Å²) in [5, 5.41) is 18.6. The number of pyridine rings is 1. The van der Waals surface area contributed by atoms with E-state index >= 15 is 0 Å². The van der Waals surface area contributed by atoms with Gasteiger partial charge in [-0.3, -0.25) is 4.98 Å². The molecule has 0 radical (unpaired) electrons. The van der Waals surface area contributed by atoms with Gasteiger partial charge in [0, 0.05) is 46.4 Å². The first-order chi connectivity index (χ1) is 13.9. The van der Waals surface area contributed by atoms with Gasteiger partial charge in [0.05, 0.1) is 10.4 Å². The molecule has 10 heteroatoms. The highest BCUT2D eigenvalue weighted by Crippen LogP contribution is 2.25. The fourth-order valence-corrected chi connectivity index (χ4v) is 3.77.